The minimum atomic E-state index is -3.42. The summed E-state index contributed by atoms with van der Waals surface area (Å²) < 4.78 is 30.4. The molecule has 0 atom stereocenters. The second-order valence-corrected chi connectivity index (χ2v) is 7.95. The van der Waals surface area contributed by atoms with E-state index in [1.807, 2.05) is 0 Å². The van der Waals surface area contributed by atoms with E-state index >= 15 is 0 Å². The van der Waals surface area contributed by atoms with Crippen molar-refractivity contribution in [1.29, 1.82) is 0 Å². The lowest BCUT2D eigenvalue weighted by molar-refractivity contribution is 0.102. The number of H-pyrrole nitrogens is 1. The zero-order valence-electron chi connectivity index (χ0n) is 14.8. The van der Waals surface area contributed by atoms with E-state index < -0.39 is 10.0 Å². The van der Waals surface area contributed by atoms with Crippen LogP contribution in [0.2, 0.25) is 0 Å². The first-order valence-electron chi connectivity index (χ1n) is 8.30. The van der Waals surface area contributed by atoms with Crippen LogP contribution in [0, 0.1) is 0 Å². The van der Waals surface area contributed by atoms with E-state index in [1.54, 1.807) is 54.8 Å². The zero-order valence-corrected chi connectivity index (χ0v) is 15.6. The quantitative estimate of drug-likeness (QED) is 0.478. The molecule has 9 heteroatoms. The highest BCUT2D eigenvalue weighted by Crippen LogP contribution is 2.23. The van der Waals surface area contributed by atoms with Crippen LogP contribution in [0.25, 0.3) is 22.6 Å². The van der Waals surface area contributed by atoms with Crippen LogP contribution in [0.15, 0.2) is 65.3 Å². The predicted molar refractivity (Wildman–Crippen MR) is 107 cm³/mol. The number of nitrogens with one attached hydrogen (secondary N) is 3. The van der Waals surface area contributed by atoms with Crippen LogP contribution in [0.1, 0.15) is 10.4 Å². The van der Waals surface area contributed by atoms with Gasteiger partial charge in [0.2, 0.25) is 10.0 Å². The fourth-order valence-corrected chi connectivity index (χ4v) is 3.31. The standard InChI is InChI=1S/C19H16N4O4S/c1-28(25,26)23-14-5-2-4-12(10-14)19(24)20-13-7-8-15-16(11-13)22-18(21-15)17-6-3-9-27-17/h2-11,23H,1H3,(H,20,24)(H,21,22). The van der Waals surface area contributed by atoms with Gasteiger partial charge in [0, 0.05) is 16.9 Å². The molecule has 2 aromatic heterocycles. The average molecular weight is 396 g/mol. The van der Waals surface area contributed by atoms with E-state index in [9.17, 15) is 13.2 Å². The highest BCUT2D eigenvalue weighted by Gasteiger charge is 2.11. The number of amides is 1. The highest BCUT2D eigenvalue weighted by molar-refractivity contribution is 7.92. The number of fused-ring (bicyclic) bond motifs is 1. The molecule has 0 spiro atoms. The molecule has 0 aliphatic rings. The summed E-state index contributed by atoms with van der Waals surface area (Å²) in [4.78, 5) is 20.1. The summed E-state index contributed by atoms with van der Waals surface area (Å²) in [5.74, 6) is 0.863. The maximum absolute atomic E-state index is 12.5. The van der Waals surface area contributed by atoms with Crippen molar-refractivity contribution in [1.82, 2.24) is 9.97 Å². The van der Waals surface area contributed by atoms with Gasteiger partial charge in [-0.05, 0) is 48.5 Å². The number of nitrogens with zero attached hydrogens (tertiary/aromatic N) is 1. The number of carbonyl (C=O) groups excluding carboxylic acids is 1. The molecule has 8 nitrogen and oxygen atoms in total. The number of benzene rings is 2. The van der Waals surface area contributed by atoms with Gasteiger partial charge in [0.25, 0.3) is 5.91 Å². The molecule has 3 N–H and O–H groups in total. The van der Waals surface area contributed by atoms with Crippen molar-refractivity contribution >= 4 is 38.3 Å². The first-order chi connectivity index (χ1) is 13.4. The van der Waals surface area contributed by atoms with E-state index in [-0.39, 0.29) is 5.91 Å². The van der Waals surface area contributed by atoms with Gasteiger partial charge in [-0.1, -0.05) is 6.07 Å². The number of sulfonamides is 1. The van der Waals surface area contributed by atoms with Gasteiger partial charge in [0.05, 0.1) is 23.6 Å². The SMILES string of the molecule is CS(=O)(=O)Nc1cccc(C(=O)Nc2ccc3nc(-c4ccco4)[nH]c3c2)c1. The van der Waals surface area contributed by atoms with Gasteiger partial charge in [0.15, 0.2) is 11.6 Å². The molecule has 2 heterocycles. The van der Waals surface area contributed by atoms with Crippen LogP contribution in [-0.4, -0.2) is 30.5 Å². The van der Waals surface area contributed by atoms with Gasteiger partial charge in [-0.3, -0.25) is 9.52 Å². The van der Waals surface area contributed by atoms with Crippen molar-refractivity contribution in [2.75, 3.05) is 16.3 Å². The Labute approximate surface area is 160 Å². The Morgan fingerprint density at radius 1 is 1.07 bits per heavy atom. The highest BCUT2D eigenvalue weighted by atomic mass is 32.2. The molecule has 0 saturated carbocycles. The molecule has 0 saturated heterocycles. The molecule has 28 heavy (non-hydrogen) atoms. The van der Waals surface area contributed by atoms with Crippen LogP contribution in [0.5, 0.6) is 0 Å². The monoisotopic (exact) mass is 396 g/mol. The van der Waals surface area contributed by atoms with Gasteiger partial charge in [-0.15, -0.1) is 0 Å². The first-order valence-corrected chi connectivity index (χ1v) is 10.2. The number of hydrogen-bond acceptors (Lipinski definition) is 5. The molecular weight excluding hydrogens is 380 g/mol. The first kappa shape index (κ1) is 17.8. The minimum absolute atomic E-state index is 0.322. The lowest BCUT2D eigenvalue weighted by atomic mass is 10.2. The second-order valence-electron chi connectivity index (χ2n) is 6.20. The van der Waals surface area contributed by atoms with E-state index in [4.69, 9.17) is 4.42 Å². The van der Waals surface area contributed by atoms with Gasteiger partial charge in [-0.2, -0.15) is 0 Å². The fraction of sp³-hybridized carbons (Fsp3) is 0.0526. The predicted octanol–water partition coefficient (Wildman–Crippen LogP) is 3.45. The summed E-state index contributed by atoms with van der Waals surface area (Å²) in [5.41, 5.74) is 2.71. The van der Waals surface area contributed by atoms with E-state index in [2.05, 4.69) is 20.0 Å². The lowest BCUT2D eigenvalue weighted by Gasteiger charge is -2.08. The average Bonchev–Trinajstić information content (AvgIpc) is 3.29. The zero-order chi connectivity index (χ0) is 19.7. The summed E-state index contributed by atoms with van der Waals surface area (Å²) in [6, 6.07) is 15.1. The third kappa shape index (κ3) is 3.89. The number of carbonyl (C=O) groups is 1. The molecule has 0 fully saturated rings. The summed E-state index contributed by atoms with van der Waals surface area (Å²) in [5, 5.41) is 2.80. The maximum atomic E-state index is 12.5. The Morgan fingerprint density at radius 3 is 2.68 bits per heavy atom. The molecule has 4 rings (SSSR count). The van der Waals surface area contributed by atoms with Crippen LogP contribution >= 0.6 is 0 Å². The molecule has 0 bridgehead atoms. The number of furan rings is 1. The van der Waals surface area contributed by atoms with Crippen molar-refractivity contribution in [3.63, 3.8) is 0 Å². The number of anilines is 2. The number of imidazole rings is 1. The number of hydrogen-bond donors (Lipinski definition) is 3. The van der Waals surface area contributed by atoms with Crippen LogP contribution < -0.4 is 10.0 Å². The fourth-order valence-electron chi connectivity index (χ4n) is 2.76. The molecule has 0 unspecified atom stereocenters. The Bertz CT molecular complexity index is 1260. The molecule has 1 amide bonds. The molecule has 2 aromatic carbocycles. The topological polar surface area (TPSA) is 117 Å². The maximum Gasteiger partial charge on any atom is 0.255 e. The second kappa shape index (κ2) is 6.86. The molecule has 142 valence electrons. The molecule has 0 aliphatic carbocycles. The number of aromatic nitrogens is 2. The summed E-state index contributed by atoms with van der Waals surface area (Å²) >= 11 is 0. The van der Waals surface area contributed by atoms with E-state index in [1.165, 1.54) is 6.07 Å². The summed E-state index contributed by atoms with van der Waals surface area (Å²) in [6.07, 6.45) is 2.62. The van der Waals surface area contributed by atoms with Crippen molar-refractivity contribution < 1.29 is 17.6 Å². The third-order valence-electron chi connectivity index (χ3n) is 3.92. The van der Waals surface area contributed by atoms with E-state index in [0.29, 0.717) is 28.5 Å². The Balaban J connectivity index is 1.56. The van der Waals surface area contributed by atoms with Gasteiger partial charge in [0.1, 0.15) is 0 Å². The molecular formula is C19H16N4O4S. The Morgan fingerprint density at radius 2 is 1.93 bits per heavy atom. The van der Waals surface area contributed by atoms with Crippen molar-refractivity contribution in [2.24, 2.45) is 0 Å². The summed E-state index contributed by atoms with van der Waals surface area (Å²) in [7, 11) is -3.42. The molecule has 4 aromatic rings. The largest absolute Gasteiger partial charge is 0.461 e. The van der Waals surface area contributed by atoms with Gasteiger partial charge >= 0.3 is 0 Å². The van der Waals surface area contributed by atoms with Crippen molar-refractivity contribution in [2.45, 2.75) is 0 Å². The number of rotatable bonds is 5. The van der Waals surface area contributed by atoms with E-state index in [0.717, 1.165) is 17.3 Å². The van der Waals surface area contributed by atoms with Gasteiger partial charge in [-0.25, -0.2) is 13.4 Å². The normalized spacial score (nSPS) is 11.5. The molecule has 0 aliphatic heterocycles. The number of aromatic amines is 1. The lowest BCUT2D eigenvalue weighted by Crippen LogP contribution is -2.13. The van der Waals surface area contributed by atoms with Crippen LogP contribution in [-0.2, 0) is 10.0 Å². The van der Waals surface area contributed by atoms with Crippen molar-refractivity contribution in [3.8, 4) is 11.6 Å². The van der Waals surface area contributed by atoms with Crippen molar-refractivity contribution in [3.05, 3.63) is 66.4 Å². The van der Waals surface area contributed by atoms with Gasteiger partial charge < -0.3 is 14.7 Å². The Hall–Kier alpha value is -3.59. The Kier molecular flexibility index (Phi) is 4.36. The van der Waals surface area contributed by atoms with Crippen LogP contribution in [0.3, 0.4) is 0 Å². The summed E-state index contributed by atoms with van der Waals surface area (Å²) in [6.45, 7) is 0. The smallest absolute Gasteiger partial charge is 0.255 e. The molecule has 0 radical (unpaired) electrons. The minimum Gasteiger partial charge on any atom is -0.461 e. The third-order valence-corrected chi connectivity index (χ3v) is 4.53. The van der Waals surface area contributed by atoms with Crippen LogP contribution in [0.4, 0.5) is 11.4 Å².